The van der Waals surface area contributed by atoms with Gasteiger partial charge in [0.05, 0.1) is 6.20 Å². The van der Waals surface area contributed by atoms with Crippen molar-refractivity contribution < 1.29 is 14.7 Å². The number of aromatic nitrogens is 2. The van der Waals surface area contributed by atoms with E-state index in [1.807, 2.05) is 6.92 Å². The summed E-state index contributed by atoms with van der Waals surface area (Å²) in [5, 5.41) is 18.3. The Morgan fingerprint density at radius 2 is 2.05 bits per heavy atom. The van der Waals surface area contributed by atoms with Gasteiger partial charge >= 0.3 is 12.0 Å². The van der Waals surface area contributed by atoms with Gasteiger partial charge in [-0.1, -0.05) is 18.2 Å². The molecule has 0 atom stereocenters. The summed E-state index contributed by atoms with van der Waals surface area (Å²) in [6, 6.07) is 8.20. The maximum absolute atomic E-state index is 12.2. The molecule has 1 aromatic heterocycles. The van der Waals surface area contributed by atoms with E-state index < -0.39 is 18.5 Å². The molecule has 1 aromatic carbocycles. The van der Waals surface area contributed by atoms with Crippen LogP contribution in [0.2, 0.25) is 0 Å². The molecule has 21 heavy (non-hydrogen) atoms. The smallest absolute Gasteiger partial charge is 0.323 e. The first-order valence-corrected chi connectivity index (χ1v) is 6.39. The number of aromatic amines is 1. The molecule has 1 heterocycles. The average molecular weight is 288 g/mol. The highest BCUT2D eigenvalue weighted by molar-refractivity contribution is 5.96. The number of carboxylic acids is 1. The predicted molar refractivity (Wildman–Crippen MR) is 77.0 cm³/mol. The van der Waals surface area contributed by atoms with Gasteiger partial charge in [-0.25, -0.2) is 4.79 Å². The van der Waals surface area contributed by atoms with Gasteiger partial charge in [0.1, 0.15) is 6.54 Å². The minimum Gasteiger partial charge on any atom is -0.480 e. The fourth-order valence-electron chi connectivity index (χ4n) is 1.84. The van der Waals surface area contributed by atoms with Crippen LogP contribution >= 0.6 is 0 Å². The Morgan fingerprint density at radius 1 is 1.33 bits per heavy atom. The molecule has 2 rings (SSSR count). The lowest BCUT2D eigenvalue weighted by Gasteiger charge is -2.21. The molecule has 0 saturated heterocycles. The third-order valence-electron chi connectivity index (χ3n) is 2.97. The summed E-state index contributed by atoms with van der Waals surface area (Å²) in [4.78, 5) is 24.3. The van der Waals surface area contributed by atoms with E-state index in [0.717, 1.165) is 11.3 Å². The van der Waals surface area contributed by atoms with E-state index in [4.69, 9.17) is 5.11 Å². The highest BCUT2D eigenvalue weighted by atomic mass is 16.4. The maximum Gasteiger partial charge on any atom is 0.323 e. The van der Waals surface area contributed by atoms with Crippen LogP contribution in [0.3, 0.4) is 0 Å². The van der Waals surface area contributed by atoms with E-state index in [1.165, 1.54) is 4.90 Å². The largest absolute Gasteiger partial charge is 0.480 e. The molecule has 0 unspecified atom stereocenters. The first-order valence-electron chi connectivity index (χ1n) is 6.39. The number of carbonyl (C=O) groups is 2. The van der Waals surface area contributed by atoms with Crippen molar-refractivity contribution in [3.63, 3.8) is 0 Å². The van der Waals surface area contributed by atoms with E-state index in [1.54, 1.807) is 36.5 Å². The third-order valence-corrected chi connectivity index (χ3v) is 2.97. The van der Waals surface area contributed by atoms with Gasteiger partial charge in [0.2, 0.25) is 0 Å². The molecule has 0 aliphatic carbocycles. The molecular formula is C14H16N4O3. The second kappa shape index (κ2) is 6.56. The average Bonchev–Trinajstić information content (AvgIpc) is 2.88. The zero-order valence-corrected chi connectivity index (χ0v) is 11.5. The Bertz CT molecular complexity index is 624. The number of aryl methyl sites for hydroxylation is 1. The Hall–Kier alpha value is -2.83. The van der Waals surface area contributed by atoms with Crippen LogP contribution in [0.15, 0.2) is 36.5 Å². The van der Waals surface area contributed by atoms with Gasteiger partial charge < -0.3 is 10.4 Å². The number of nitrogens with one attached hydrogen (secondary N) is 2. The van der Waals surface area contributed by atoms with Gasteiger partial charge in [-0.15, -0.1) is 0 Å². The second-order valence-electron chi connectivity index (χ2n) is 4.49. The first kappa shape index (κ1) is 14.6. The van der Waals surface area contributed by atoms with Gasteiger partial charge in [-0.05, 0) is 19.1 Å². The minimum absolute atomic E-state index is 0.282. The van der Waals surface area contributed by atoms with Crippen LogP contribution in [0.1, 0.15) is 11.3 Å². The summed E-state index contributed by atoms with van der Waals surface area (Å²) in [6.45, 7) is 1.73. The second-order valence-corrected chi connectivity index (χ2v) is 4.49. The molecule has 0 aliphatic heterocycles. The fourth-order valence-corrected chi connectivity index (χ4v) is 1.84. The summed E-state index contributed by atoms with van der Waals surface area (Å²) in [6.07, 6.45) is 1.62. The number of anilines is 1. The molecular weight excluding hydrogens is 272 g/mol. The van der Waals surface area contributed by atoms with Crippen LogP contribution in [-0.2, 0) is 11.3 Å². The Morgan fingerprint density at radius 3 is 2.62 bits per heavy atom. The molecule has 7 nitrogen and oxygen atoms in total. The summed E-state index contributed by atoms with van der Waals surface area (Å²) in [5.74, 6) is -1.08. The number of H-pyrrole nitrogens is 1. The summed E-state index contributed by atoms with van der Waals surface area (Å²) < 4.78 is 0. The lowest BCUT2D eigenvalue weighted by atomic mass is 10.2. The normalized spacial score (nSPS) is 10.1. The van der Waals surface area contributed by atoms with Crippen LogP contribution in [0, 0.1) is 6.92 Å². The highest BCUT2D eigenvalue weighted by Crippen LogP contribution is 2.13. The quantitative estimate of drug-likeness (QED) is 0.776. The molecule has 110 valence electrons. The number of benzene rings is 1. The van der Waals surface area contributed by atoms with Crippen molar-refractivity contribution in [2.45, 2.75) is 13.5 Å². The Labute approximate surface area is 121 Å². The van der Waals surface area contributed by atoms with Gasteiger partial charge in [0.25, 0.3) is 0 Å². The summed E-state index contributed by atoms with van der Waals surface area (Å²) >= 11 is 0. The molecule has 0 aliphatic rings. The van der Waals surface area contributed by atoms with Gasteiger partial charge in [-0.2, -0.15) is 5.10 Å². The number of carboxylic acid groups (broad SMARTS) is 1. The molecule has 0 radical (unpaired) electrons. The van der Waals surface area contributed by atoms with E-state index >= 15 is 0 Å². The van der Waals surface area contributed by atoms with Crippen molar-refractivity contribution in [1.82, 2.24) is 15.5 Å². The summed E-state index contributed by atoms with van der Waals surface area (Å²) in [5.41, 5.74) is 2.24. The number of urea groups is 1. The van der Waals surface area contributed by atoms with Gasteiger partial charge in [0, 0.05) is 23.5 Å². The van der Waals surface area contributed by atoms with E-state index in [-0.39, 0.29) is 6.54 Å². The molecule has 2 aromatic rings. The van der Waals surface area contributed by atoms with Crippen molar-refractivity contribution in [3.8, 4) is 0 Å². The fraction of sp³-hybridized carbons (Fsp3) is 0.214. The van der Waals surface area contributed by atoms with Crippen LogP contribution in [0.5, 0.6) is 0 Å². The third kappa shape index (κ3) is 3.82. The van der Waals surface area contributed by atoms with Crippen LogP contribution < -0.4 is 10.2 Å². The van der Waals surface area contributed by atoms with Crippen molar-refractivity contribution in [3.05, 3.63) is 47.8 Å². The number of para-hydroxylation sites is 1. The lowest BCUT2D eigenvalue weighted by molar-refractivity contribution is -0.135. The Balaban J connectivity index is 2.08. The molecule has 0 bridgehead atoms. The van der Waals surface area contributed by atoms with E-state index in [0.29, 0.717) is 5.69 Å². The molecule has 2 amide bonds. The number of hydrogen-bond acceptors (Lipinski definition) is 3. The topological polar surface area (TPSA) is 98.3 Å². The number of carbonyl (C=O) groups excluding carboxylic acids is 1. The maximum atomic E-state index is 12.2. The number of nitrogens with zero attached hydrogens (tertiary/aromatic N) is 2. The van der Waals surface area contributed by atoms with Gasteiger partial charge in [-0.3, -0.25) is 14.8 Å². The predicted octanol–water partition coefficient (Wildman–Crippen LogP) is 1.52. The molecule has 0 saturated carbocycles. The zero-order valence-electron chi connectivity index (χ0n) is 11.5. The van der Waals surface area contributed by atoms with Crippen molar-refractivity contribution in [2.24, 2.45) is 0 Å². The van der Waals surface area contributed by atoms with Crippen molar-refractivity contribution >= 4 is 17.7 Å². The number of rotatable bonds is 5. The number of aliphatic carboxylic acids is 1. The standard InChI is InChI=1S/C14H16N4O3/c1-10-11(8-16-17-10)7-15-14(21)18(9-13(19)20)12-5-3-2-4-6-12/h2-6,8H,7,9H2,1H3,(H,15,21)(H,16,17)(H,19,20). The van der Waals surface area contributed by atoms with Gasteiger partial charge in [0.15, 0.2) is 0 Å². The molecule has 3 N–H and O–H groups in total. The SMILES string of the molecule is Cc1[nH]ncc1CNC(=O)N(CC(=O)O)c1ccccc1. The molecule has 0 spiro atoms. The molecule has 7 heteroatoms. The van der Waals surface area contributed by atoms with Crippen LogP contribution in [-0.4, -0.2) is 33.8 Å². The van der Waals surface area contributed by atoms with E-state index in [9.17, 15) is 9.59 Å². The highest BCUT2D eigenvalue weighted by Gasteiger charge is 2.18. The monoisotopic (exact) mass is 288 g/mol. The number of amides is 2. The van der Waals surface area contributed by atoms with Crippen LogP contribution in [0.25, 0.3) is 0 Å². The lowest BCUT2D eigenvalue weighted by Crippen LogP contribution is -2.42. The summed E-state index contributed by atoms with van der Waals surface area (Å²) in [7, 11) is 0. The first-order chi connectivity index (χ1) is 10.1. The van der Waals surface area contributed by atoms with Crippen molar-refractivity contribution in [1.29, 1.82) is 0 Å². The minimum atomic E-state index is -1.08. The zero-order chi connectivity index (χ0) is 15.2. The van der Waals surface area contributed by atoms with Crippen LogP contribution in [0.4, 0.5) is 10.5 Å². The molecule has 0 fully saturated rings. The Kier molecular flexibility index (Phi) is 4.55. The number of hydrogen-bond donors (Lipinski definition) is 3. The van der Waals surface area contributed by atoms with E-state index in [2.05, 4.69) is 15.5 Å². The van der Waals surface area contributed by atoms with Crippen molar-refractivity contribution in [2.75, 3.05) is 11.4 Å².